The summed E-state index contributed by atoms with van der Waals surface area (Å²) < 4.78 is 0. The van der Waals surface area contributed by atoms with E-state index in [9.17, 15) is 14.7 Å². The van der Waals surface area contributed by atoms with Crippen LogP contribution in [-0.4, -0.2) is 27.6 Å². The van der Waals surface area contributed by atoms with Crippen LogP contribution in [0.25, 0.3) is 0 Å². The minimum absolute atomic E-state index is 0.0513. The summed E-state index contributed by atoms with van der Waals surface area (Å²) >= 11 is 0. The van der Waals surface area contributed by atoms with Crippen LogP contribution in [0.5, 0.6) is 5.75 Å². The van der Waals surface area contributed by atoms with E-state index in [-0.39, 0.29) is 5.75 Å². The lowest BCUT2D eigenvalue weighted by Gasteiger charge is -2.09. The van der Waals surface area contributed by atoms with Gasteiger partial charge in [-0.15, -0.1) is 0 Å². The Labute approximate surface area is 121 Å². The van der Waals surface area contributed by atoms with Crippen LogP contribution in [0, 0.1) is 0 Å². The van der Waals surface area contributed by atoms with Gasteiger partial charge in [0.1, 0.15) is 5.75 Å². The minimum Gasteiger partial charge on any atom is -0.507 e. The van der Waals surface area contributed by atoms with Crippen LogP contribution in [0.1, 0.15) is 33.2 Å². The first-order chi connectivity index (χ1) is 10.1. The Hall–Kier alpha value is -2.95. The molecule has 0 radical (unpaired) electrons. The van der Waals surface area contributed by atoms with Crippen LogP contribution < -0.4 is 0 Å². The van der Waals surface area contributed by atoms with E-state index in [0.717, 1.165) is 5.01 Å². The van der Waals surface area contributed by atoms with Crippen LogP contribution in [0.2, 0.25) is 0 Å². The fourth-order valence-corrected chi connectivity index (χ4v) is 2.25. The Morgan fingerprint density at radius 3 is 2.05 bits per heavy atom. The number of aromatic hydroxyl groups is 1. The smallest absolute Gasteiger partial charge is 0.282 e. The Bertz CT molecular complexity index is 746. The summed E-state index contributed by atoms with van der Waals surface area (Å²) in [5, 5.41) is 14.7. The summed E-state index contributed by atoms with van der Waals surface area (Å²) in [6, 6.07) is 13.2. The second-order valence-corrected chi connectivity index (χ2v) is 4.67. The number of para-hydroxylation sites is 1. The fraction of sp³-hybridized carbons (Fsp3) is 0.0625. The highest BCUT2D eigenvalue weighted by atomic mass is 16.3. The second kappa shape index (κ2) is 4.86. The number of carbonyl (C=O) groups excluding carboxylic acids is 2. The minimum atomic E-state index is -0.453. The van der Waals surface area contributed by atoms with Gasteiger partial charge < -0.3 is 5.11 Å². The number of fused-ring (bicyclic) bond motifs is 1. The maximum Gasteiger partial charge on any atom is 0.282 e. The molecule has 0 saturated carbocycles. The average molecular weight is 280 g/mol. The molecule has 0 bridgehead atoms. The number of hydrogen-bond acceptors (Lipinski definition) is 4. The zero-order valence-electron chi connectivity index (χ0n) is 11.3. The summed E-state index contributed by atoms with van der Waals surface area (Å²) in [4.78, 5) is 24.4. The molecule has 1 aliphatic rings. The van der Waals surface area contributed by atoms with Crippen LogP contribution in [0.3, 0.4) is 0 Å². The lowest BCUT2D eigenvalue weighted by atomic mass is 10.1. The third kappa shape index (κ3) is 2.08. The Kier molecular flexibility index (Phi) is 3.02. The summed E-state index contributed by atoms with van der Waals surface area (Å²) in [5.41, 5.74) is 1.56. The standard InChI is InChI=1S/C16H12N2O3/c1-10(11-6-4-5-9-14(11)19)17-18-15(20)12-7-2-3-8-13(12)16(18)21/h2-9,19H,1H3. The van der Waals surface area contributed by atoms with Crippen molar-refractivity contribution in [1.82, 2.24) is 5.01 Å². The number of imide groups is 1. The lowest BCUT2D eigenvalue weighted by molar-refractivity contribution is 0.0658. The molecule has 0 atom stereocenters. The Morgan fingerprint density at radius 1 is 0.952 bits per heavy atom. The van der Waals surface area contributed by atoms with Crippen LogP contribution >= 0.6 is 0 Å². The molecule has 2 aromatic carbocycles. The number of phenols is 1. The molecule has 21 heavy (non-hydrogen) atoms. The van der Waals surface area contributed by atoms with Gasteiger partial charge >= 0.3 is 0 Å². The van der Waals surface area contributed by atoms with Gasteiger partial charge in [-0.05, 0) is 31.2 Å². The maximum absolute atomic E-state index is 12.2. The Balaban J connectivity index is 2.00. The number of nitrogens with zero attached hydrogens (tertiary/aromatic N) is 2. The molecule has 5 heteroatoms. The van der Waals surface area contributed by atoms with Crippen molar-refractivity contribution in [2.24, 2.45) is 5.10 Å². The monoisotopic (exact) mass is 280 g/mol. The Morgan fingerprint density at radius 2 is 1.48 bits per heavy atom. The number of benzene rings is 2. The summed E-state index contributed by atoms with van der Waals surface area (Å²) in [6.07, 6.45) is 0. The van der Waals surface area contributed by atoms with Gasteiger partial charge in [0.25, 0.3) is 11.8 Å². The number of hydrazone groups is 1. The maximum atomic E-state index is 12.2. The lowest BCUT2D eigenvalue weighted by Crippen LogP contribution is -2.25. The first-order valence-electron chi connectivity index (χ1n) is 6.41. The molecule has 2 aromatic rings. The molecule has 3 rings (SSSR count). The average Bonchev–Trinajstić information content (AvgIpc) is 2.73. The molecule has 0 aliphatic carbocycles. The summed E-state index contributed by atoms with van der Waals surface area (Å²) in [5.74, 6) is -0.855. The van der Waals surface area contributed by atoms with Gasteiger partial charge in [0.2, 0.25) is 0 Å². The number of phenolic OH excluding ortho intramolecular Hbond substituents is 1. The van der Waals surface area contributed by atoms with Crippen molar-refractivity contribution in [2.75, 3.05) is 0 Å². The third-order valence-corrected chi connectivity index (χ3v) is 3.32. The highest BCUT2D eigenvalue weighted by molar-refractivity contribution is 6.21. The van der Waals surface area contributed by atoms with Crippen LogP contribution in [0.4, 0.5) is 0 Å². The molecule has 0 unspecified atom stereocenters. The highest BCUT2D eigenvalue weighted by Gasteiger charge is 2.35. The van der Waals surface area contributed by atoms with E-state index < -0.39 is 11.8 Å². The predicted molar refractivity (Wildman–Crippen MR) is 77.3 cm³/mol. The molecule has 1 heterocycles. The van der Waals surface area contributed by atoms with Gasteiger partial charge in [0, 0.05) is 5.56 Å². The van der Waals surface area contributed by atoms with E-state index >= 15 is 0 Å². The first-order valence-corrected chi connectivity index (χ1v) is 6.41. The van der Waals surface area contributed by atoms with Crippen molar-refractivity contribution < 1.29 is 14.7 Å². The molecule has 104 valence electrons. The first kappa shape index (κ1) is 13.1. The quantitative estimate of drug-likeness (QED) is 0.678. The zero-order chi connectivity index (χ0) is 15.0. The molecule has 0 aromatic heterocycles. The second-order valence-electron chi connectivity index (χ2n) is 4.67. The molecule has 0 spiro atoms. The van der Waals surface area contributed by atoms with Crippen LogP contribution in [0.15, 0.2) is 53.6 Å². The van der Waals surface area contributed by atoms with Gasteiger partial charge in [-0.25, -0.2) is 0 Å². The van der Waals surface area contributed by atoms with Crippen molar-refractivity contribution in [1.29, 1.82) is 0 Å². The van der Waals surface area contributed by atoms with Crippen LogP contribution in [-0.2, 0) is 0 Å². The molecule has 1 aliphatic heterocycles. The number of carbonyl (C=O) groups is 2. The summed E-state index contributed by atoms with van der Waals surface area (Å²) in [6.45, 7) is 1.64. The molecular weight excluding hydrogens is 268 g/mol. The van der Waals surface area contributed by atoms with Crippen molar-refractivity contribution in [2.45, 2.75) is 6.92 Å². The molecule has 0 fully saturated rings. The van der Waals surface area contributed by atoms with Gasteiger partial charge in [0.15, 0.2) is 0 Å². The SMILES string of the molecule is CC(=NN1C(=O)c2ccccc2C1=O)c1ccccc1O. The van der Waals surface area contributed by atoms with E-state index in [1.165, 1.54) is 6.07 Å². The fourth-order valence-electron chi connectivity index (χ4n) is 2.25. The van der Waals surface area contributed by atoms with Gasteiger partial charge in [-0.2, -0.15) is 10.1 Å². The molecule has 5 nitrogen and oxygen atoms in total. The highest BCUT2D eigenvalue weighted by Crippen LogP contribution is 2.24. The van der Waals surface area contributed by atoms with Gasteiger partial charge in [0.05, 0.1) is 16.8 Å². The zero-order valence-corrected chi connectivity index (χ0v) is 11.3. The predicted octanol–water partition coefficient (Wildman–Crippen LogP) is 2.41. The van der Waals surface area contributed by atoms with E-state index in [4.69, 9.17) is 0 Å². The van der Waals surface area contributed by atoms with Crippen molar-refractivity contribution in [3.05, 3.63) is 65.2 Å². The van der Waals surface area contributed by atoms with Gasteiger partial charge in [-0.1, -0.05) is 24.3 Å². The molecule has 2 amide bonds. The number of hydrogen-bond donors (Lipinski definition) is 1. The normalized spacial score (nSPS) is 14.5. The molecule has 1 N–H and O–H groups in total. The summed E-state index contributed by atoms with van der Waals surface area (Å²) in [7, 11) is 0. The van der Waals surface area contributed by atoms with E-state index in [0.29, 0.717) is 22.4 Å². The van der Waals surface area contributed by atoms with E-state index in [1.807, 2.05) is 0 Å². The molecular formula is C16H12N2O3. The third-order valence-electron chi connectivity index (χ3n) is 3.32. The number of rotatable bonds is 2. The van der Waals surface area contributed by atoms with Crippen molar-refractivity contribution >= 4 is 17.5 Å². The largest absolute Gasteiger partial charge is 0.507 e. The van der Waals surface area contributed by atoms with Gasteiger partial charge in [-0.3, -0.25) is 9.59 Å². The molecule has 0 saturated heterocycles. The van der Waals surface area contributed by atoms with Crippen molar-refractivity contribution in [3.63, 3.8) is 0 Å². The topological polar surface area (TPSA) is 70.0 Å². The van der Waals surface area contributed by atoms with E-state index in [1.54, 1.807) is 49.4 Å². The van der Waals surface area contributed by atoms with Crippen molar-refractivity contribution in [3.8, 4) is 5.75 Å². The number of amides is 2. The van der Waals surface area contributed by atoms with E-state index in [2.05, 4.69) is 5.10 Å².